The summed E-state index contributed by atoms with van der Waals surface area (Å²) >= 11 is 14.5. The molecular weight excluding hydrogens is 348 g/mol. The zero-order chi connectivity index (χ0) is 17.1. The highest BCUT2D eigenvalue weighted by Crippen LogP contribution is 2.06. The Bertz CT molecular complexity index is 655. The second-order valence-electron chi connectivity index (χ2n) is 4.35. The summed E-state index contributed by atoms with van der Waals surface area (Å²) in [4.78, 5) is 10.5. The molecule has 0 fully saturated rings. The molecule has 2 rings (SSSR count). The van der Waals surface area contributed by atoms with Gasteiger partial charge in [-0.3, -0.25) is 4.79 Å². The molecule has 0 aliphatic heterocycles. The van der Waals surface area contributed by atoms with Crippen LogP contribution in [0.3, 0.4) is 0 Å². The molecule has 0 aliphatic rings. The highest BCUT2D eigenvalue weighted by molar-refractivity contribution is 7.97. The summed E-state index contributed by atoms with van der Waals surface area (Å²) < 4.78 is 5.31. The molecule has 0 saturated carbocycles. The molecule has 0 radical (unpaired) electrons. The van der Waals surface area contributed by atoms with Gasteiger partial charge in [-0.15, -0.1) is 12.6 Å². The third-order valence-electron chi connectivity index (χ3n) is 2.68. The summed E-state index contributed by atoms with van der Waals surface area (Å²) in [5.74, 6) is 0. The number of rotatable bonds is 4. The first-order chi connectivity index (χ1) is 11.0. The first kappa shape index (κ1) is 19.4. The van der Waals surface area contributed by atoms with Gasteiger partial charge in [0.2, 0.25) is 5.12 Å². The van der Waals surface area contributed by atoms with E-state index >= 15 is 0 Å². The second kappa shape index (κ2) is 11.0. The van der Waals surface area contributed by atoms with Crippen molar-refractivity contribution in [3.63, 3.8) is 0 Å². The number of thiocarbonyl (C=S) groups is 1. The van der Waals surface area contributed by atoms with Crippen LogP contribution in [0.15, 0.2) is 71.8 Å². The van der Waals surface area contributed by atoms with E-state index in [-0.39, 0.29) is 5.12 Å². The Labute approximate surface area is 152 Å². The lowest BCUT2D eigenvalue weighted by molar-refractivity contribution is 0.109. The molecular formula is C18H17ClO2S2. The zero-order valence-electron chi connectivity index (χ0n) is 12.6. The van der Waals surface area contributed by atoms with Gasteiger partial charge in [0, 0.05) is 11.1 Å². The molecule has 5 heteroatoms. The zero-order valence-corrected chi connectivity index (χ0v) is 15.1. The molecule has 0 N–H and O–H groups in total. The molecule has 0 amide bonds. The maximum atomic E-state index is 10.5. The monoisotopic (exact) mass is 364 g/mol. The Balaban J connectivity index is 0.000000253. The van der Waals surface area contributed by atoms with Crippen LogP contribution in [0.4, 0.5) is 0 Å². The quantitative estimate of drug-likeness (QED) is 0.590. The smallest absolute Gasteiger partial charge is 0.216 e. The summed E-state index contributed by atoms with van der Waals surface area (Å²) in [7, 11) is 0. The van der Waals surface area contributed by atoms with E-state index < -0.39 is 0 Å². The Kier molecular flexibility index (Phi) is 9.29. The molecule has 0 bridgehead atoms. The standard InChI is InChI=1S/C11H11ClOS.C7H6OS/c1-2-10(12)8-13-11(14)9-6-4-3-5-7-9;8-7(9)6-4-2-1-3-5-6/h2-7H,8H2,1H3;1-5H,(H,8,9). The van der Waals surface area contributed by atoms with Gasteiger partial charge < -0.3 is 4.74 Å². The molecule has 0 aromatic heterocycles. The van der Waals surface area contributed by atoms with Crippen LogP contribution in [0, 0.1) is 0 Å². The lowest BCUT2D eigenvalue weighted by Gasteiger charge is -2.05. The van der Waals surface area contributed by atoms with Gasteiger partial charge in [0.25, 0.3) is 0 Å². The highest BCUT2D eigenvalue weighted by Gasteiger charge is 2.01. The number of allylic oxidation sites excluding steroid dienone is 1. The fourth-order valence-corrected chi connectivity index (χ4v) is 1.85. The first-order valence-corrected chi connectivity index (χ1v) is 8.09. The van der Waals surface area contributed by atoms with Crippen molar-refractivity contribution >= 4 is 46.6 Å². The van der Waals surface area contributed by atoms with Crippen molar-refractivity contribution in [3.05, 3.63) is 82.9 Å². The lowest BCUT2D eigenvalue weighted by atomic mass is 10.2. The van der Waals surface area contributed by atoms with E-state index in [4.69, 9.17) is 28.6 Å². The van der Waals surface area contributed by atoms with Crippen molar-refractivity contribution in [1.82, 2.24) is 0 Å². The van der Waals surface area contributed by atoms with E-state index in [9.17, 15) is 4.79 Å². The van der Waals surface area contributed by atoms with Crippen LogP contribution in [-0.4, -0.2) is 16.8 Å². The highest BCUT2D eigenvalue weighted by atomic mass is 35.5. The minimum atomic E-state index is -0.185. The maximum absolute atomic E-state index is 10.5. The van der Waals surface area contributed by atoms with E-state index in [2.05, 4.69) is 12.6 Å². The van der Waals surface area contributed by atoms with Crippen LogP contribution in [0.5, 0.6) is 0 Å². The van der Waals surface area contributed by atoms with Crippen LogP contribution < -0.4 is 0 Å². The third-order valence-corrected chi connectivity index (χ3v) is 3.62. The van der Waals surface area contributed by atoms with Gasteiger partial charge in [0.15, 0.2) is 5.05 Å². The van der Waals surface area contributed by atoms with Crippen LogP contribution in [0.1, 0.15) is 22.8 Å². The maximum Gasteiger partial charge on any atom is 0.216 e. The van der Waals surface area contributed by atoms with Crippen molar-refractivity contribution in [2.75, 3.05) is 6.61 Å². The summed E-state index contributed by atoms with van der Waals surface area (Å²) in [6, 6.07) is 18.5. The van der Waals surface area contributed by atoms with Gasteiger partial charge in [0.05, 0.1) is 5.03 Å². The number of ether oxygens (including phenoxy) is 1. The van der Waals surface area contributed by atoms with Gasteiger partial charge in [0.1, 0.15) is 6.61 Å². The predicted octanol–water partition coefficient (Wildman–Crippen LogP) is 5.28. The van der Waals surface area contributed by atoms with Gasteiger partial charge >= 0.3 is 0 Å². The van der Waals surface area contributed by atoms with E-state index in [1.165, 1.54) is 0 Å². The molecule has 2 aromatic carbocycles. The molecule has 0 unspecified atom stereocenters. The Morgan fingerprint density at radius 2 is 1.57 bits per heavy atom. The number of hydrogen-bond acceptors (Lipinski definition) is 3. The van der Waals surface area contributed by atoms with E-state index in [1.54, 1.807) is 18.2 Å². The van der Waals surface area contributed by atoms with Crippen molar-refractivity contribution in [2.45, 2.75) is 6.92 Å². The first-order valence-electron chi connectivity index (χ1n) is 6.85. The molecule has 120 valence electrons. The van der Waals surface area contributed by atoms with E-state index in [0.29, 0.717) is 22.3 Å². The van der Waals surface area contributed by atoms with E-state index in [0.717, 1.165) is 5.56 Å². The number of benzene rings is 2. The van der Waals surface area contributed by atoms with Gasteiger partial charge in [-0.05, 0) is 19.1 Å². The lowest BCUT2D eigenvalue weighted by Crippen LogP contribution is -2.04. The number of halogens is 1. The Hall–Kier alpha value is -1.62. The van der Waals surface area contributed by atoms with Crippen LogP contribution >= 0.6 is 36.4 Å². The molecule has 0 heterocycles. The molecule has 23 heavy (non-hydrogen) atoms. The molecule has 0 atom stereocenters. The van der Waals surface area contributed by atoms with Crippen molar-refractivity contribution < 1.29 is 9.53 Å². The summed E-state index contributed by atoms with van der Waals surface area (Å²) in [5, 5.41) is 0.949. The number of carbonyl (C=O) groups is 1. The average Bonchev–Trinajstić information content (AvgIpc) is 2.61. The van der Waals surface area contributed by atoms with Crippen LogP contribution in [0.25, 0.3) is 0 Å². The molecule has 0 spiro atoms. The van der Waals surface area contributed by atoms with Gasteiger partial charge in [-0.25, -0.2) is 0 Å². The van der Waals surface area contributed by atoms with Crippen molar-refractivity contribution in [2.24, 2.45) is 0 Å². The summed E-state index contributed by atoms with van der Waals surface area (Å²) in [6.07, 6.45) is 1.79. The van der Waals surface area contributed by atoms with Crippen LogP contribution in [-0.2, 0) is 4.74 Å². The van der Waals surface area contributed by atoms with Crippen molar-refractivity contribution in [1.29, 1.82) is 0 Å². The van der Waals surface area contributed by atoms with Crippen molar-refractivity contribution in [3.8, 4) is 0 Å². The normalized spacial score (nSPS) is 10.3. The van der Waals surface area contributed by atoms with Crippen LogP contribution in [0.2, 0.25) is 0 Å². The molecule has 2 aromatic rings. The summed E-state index contributed by atoms with van der Waals surface area (Å²) in [6.45, 7) is 2.20. The fourth-order valence-electron chi connectivity index (χ4n) is 1.46. The van der Waals surface area contributed by atoms with Gasteiger partial charge in [-0.1, -0.05) is 78.3 Å². The summed E-state index contributed by atoms with van der Waals surface area (Å²) in [5.41, 5.74) is 1.55. The van der Waals surface area contributed by atoms with E-state index in [1.807, 2.05) is 55.5 Å². The largest absolute Gasteiger partial charge is 0.477 e. The topological polar surface area (TPSA) is 26.3 Å². The average molecular weight is 365 g/mol. The minimum Gasteiger partial charge on any atom is -0.477 e. The third kappa shape index (κ3) is 7.98. The Morgan fingerprint density at radius 1 is 1.09 bits per heavy atom. The number of carbonyl (C=O) groups excluding carboxylic acids is 1. The molecule has 2 nitrogen and oxygen atoms in total. The molecule has 0 aliphatic carbocycles. The fraction of sp³-hybridized carbons (Fsp3) is 0.111. The SMILES string of the molecule is CC=C(Cl)COC(=S)c1ccccc1.O=C(S)c1ccccc1. The minimum absolute atomic E-state index is 0.185. The number of hydrogen-bond donors (Lipinski definition) is 1. The van der Waals surface area contributed by atoms with Gasteiger partial charge in [-0.2, -0.15) is 0 Å². The molecule has 0 saturated heterocycles. The number of thiol groups is 1. The predicted molar refractivity (Wildman–Crippen MR) is 103 cm³/mol. The second-order valence-corrected chi connectivity index (χ2v) is 5.61. The Morgan fingerprint density at radius 3 is 1.96 bits per heavy atom.